The summed E-state index contributed by atoms with van der Waals surface area (Å²) in [5, 5.41) is 8.89. The number of hydrogen-bond acceptors (Lipinski definition) is 5. The molecule has 2 aromatic heterocycles. The molecule has 0 atom stereocenters. The number of nitrogens with two attached hydrogens (primary N) is 1. The van der Waals surface area contributed by atoms with Gasteiger partial charge in [0, 0.05) is 12.4 Å². The van der Waals surface area contributed by atoms with Crippen molar-refractivity contribution in [2.24, 2.45) is 7.05 Å². The van der Waals surface area contributed by atoms with Crippen LogP contribution < -0.4 is 11.1 Å². The van der Waals surface area contributed by atoms with E-state index in [1.807, 2.05) is 12.3 Å². The predicted octanol–water partition coefficient (Wildman–Crippen LogP) is 0.951. The Morgan fingerprint density at radius 2 is 2.39 bits per heavy atom. The number of aryl methyl sites for hydroxylation is 2. The van der Waals surface area contributed by atoms with E-state index in [0.717, 1.165) is 11.4 Å². The molecule has 0 bridgehead atoms. The Bertz CT molecular complexity index is 546. The van der Waals surface area contributed by atoms with E-state index in [9.17, 15) is 4.79 Å². The lowest BCUT2D eigenvalue weighted by atomic mass is 10.2. The number of nitrogens with one attached hydrogen (secondary N) is 1. The summed E-state index contributed by atoms with van der Waals surface area (Å²) >= 11 is 1.50. The molecule has 0 aliphatic carbocycles. The predicted molar refractivity (Wildman–Crippen MR) is 70.3 cm³/mol. The summed E-state index contributed by atoms with van der Waals surface area (Å²) < 4.78 is 1.52. The summed E-state index contributed by atoms with van der Waals surface area (Å²) in [6, 6.07) is 0. The van der Waals surface area contributed by atoms with Crippen LogP contribution in [0, 0.1) is 0 Å². The fraction of sp³-hybridized carbons (Fsp3) is 0.364. The van der Waals surface area contributed by atoms with Gasteiger partial charge in [0.2, 0.25) is 0 Å². The van der Waals surface area contributed by atoms with Crippen LogP contribution in [0.5, 0.6) is 0 Å². The molecule has 0 aromatic carbocycles. The zero-order valence-electron chi connectivity index (χ0n) is 10.3. The summed E-state index contributed by atoms with van der Waals surface area (Å²) in [5.41, 5.74) is 10.1. The molecule has 2 rings (SSSR count). The maximum atomic E-state index is 12.0. The second-order valence-electron chi connectivity index (χ2n) is 3.85. The van der Waals surface area contributed by atoms with Crippen molar-refractivity contribution in [2.75, 3.05) is 5.73 Å². The number of hydrogen-bond donors (Lipinski definition) is 2. The van der Waals surface area contributed by atoms with Gasteiger partial charge in [0.25, 0.3) is 5.91 Å². The van der Waals surface area contributed by atoms with Crippen molar-refractivity contribution in [2.45, 2.75) is 19.9 Å². The molecule has 6 nitrogen and oxygen atoms in total. The zero-order valence-corrected chi connectivity index (χ0v) is 11.1. The third kappa shape index (κ3) is 2.35. The van der Waals surface area contributed by atoms with Crippen LogP contribution >= 0.6 is 11.3 Å². The quantitative estimate of drug-likeness (QED) is 0.862. The molecule has 2 heterocycles. The maximum Gasteiger partial charge on any atom is 0.272 e. The summed E-state index contributed by atoms with van der Waals surface area (Å²) in [6.07, 6.45) is 0.707. The number of nitrogens with zero attached hydrogens (tertiary/aromatic N) is 3. The molecule has 0 saturated carbocycles. The first-order chi connectivity index (χ1) is 8.63. The number of nitrogen functional groups attached to an aromatic ring is 1. The van der Waals surface area contributed by atoms with Crippen LogP contribution in [0.1, 0.15) is 28.8 Å². The third-order valence-electron chi connectivity index (χ3n) is 2.62. The number of thiazole rings is 1. The van der Waals surface area contributed by atoms with Crippen molar-refractivity contribution < 1.29 is 4.79 Å². The highest BCUT2D eigenvalue weighted by atomic mass is 32.1. The zero-order chi connectivity index (χ0) is 13.1. The number of carbonyl (C=O) groups excluding carboxylic acids is 1. The largest absolute Gasteiger partial charge is 0.395 e. The molecule has 3 N–H and O–H groups in total. The number of rotatable bonds is 4. The van der Waals surface area contributed by atoms with Gasteiger partial charge in [-0.1, -0.05) is 6.92 Å². The molecule has 2 aromatic rings. The molecule has 1 amide bonds. The van der Waals surface area contributed by atoms with E-state index < -0.39 is 0 Å². The second kappa shape index (κ2) is 5.18. The normalized spacial score (nSPS) is 10.6. The molecule has 96 valence electrons. The van der Waals surface area contributed by atoms with Gasteiger partial charge in [-0.3, -0.25) is 9.48 Å². The maximum absolute atomic E-state index is 12.0. The molecule has 7 heteroatoms. The fourth-order valence-electron chi connectivity index (χ4n) is 1.71. The minimum Gasteiger partial charge on any atom is -0.395 e. The molecule has 0 aliphatic heterocycles. The van der Waals surface area contributed by atoms with Crippen LogP contribution in [0.25, 0.3) is 0 Å². The lowest BCUT2D eigenvalue weighted by Crippen LogP contribution is -2.26. The minimum atomic E-state index is -0.227. The van der Waals surface area contributed by atoms with Crippen molar-refractivity contribution >= 4 is 22.9 Å². The highest BCUT2D eigenvalue weighted by molar-refractivity contribution is 7.07. The molecule has 0 unspecified atom stereocenters. The summed E-state index contributed by atoms with van der Waals surface area (Å²) in [6.45, 7) is 2.35. The van der Waals surface area contributed by atoms with Gasteiger partial charge in [0.05, 0.1) is 29.1 Å². The van der Waals surface area contributed by atoms with Crippen LogP contribution in [0.15, 0.2) is 10.9 Å². The average molecular weight is 265 g/mol. The van der Waals surface area contributed by atoms with Crippen LogP contribution in [0.3, 0.4) is 0 Å². The highest BCUT2D eigenvalue weighted by Crippen LogP contribution is 2.16. The van der Waals surface area contributed by atoms with Crippen molar-refractivity contribution in [1.29, 1.82) is 0 Å². The molecule has 0 radical (unpaired) electrons. The third-order valence-corrected chi connectivity index (χ3v) is 3.26. The molecular formula is C11H15N5OS. The van der Waals surface area contributed by atoms with Gasteiger partial charge in [0.1, 0.15) is 5.69 Å². The summed E-state index contributed by atoms with van der Waals surface area (Å²) in [7, 11) is 1.72. The highest BCUT2D eigenvalue weighted by Gasteiger charge is 2.18. The van der Waals surface area contributed by atoms with Crippen LogP contribution in [0.2, 0.25) is 0 Å². The Morgan fingerprint density at radius 1 is 1.61 bits per heavy atom. The van der Waals surface area contributed by atoms with E-state index in [0.29, 0.717) is 24.3 Å². The SMILES string of the molecule is CCc1nn(C)c(C(=O)NCc2cscn2)c1N. The lowest BCUT2D eigenvalue weighted by molar-refractivity contribution is 0.0942. The second-order valence-corrected chi connectivity index (χ2v) is 4.57. The fourth-order valence-corrected chi connectivity index (χ4v) is 2.26. The minimum absolute atomic E-state index is 0.227. The Labute approximate surface area is 109 Å². The van der Waals surface area contributed by atoms with E-state index >= 15 is 0 Å². The Balaban J connectivity index is 2.11. The van der Waals surface area contributed by atoms with Gasteiger partial charge in [0.15, 0.2) is 0 Å². The van der Waals surface area contributed by atoms with Crippen molar-refractivity contribution in [3.05, 3.63) is 28.0 Å². The van der Waals surface area contributed by atoms with E-state index in [-0.39, 0.29) is 5.91 Å². The van der Waals surface area contributed by atoms with E-state index in [4.69, 9.17) is 5.73 Å². The van der Waals surface area contributed by atoms with Gasteiger partial charge < -0.3 is 11.1 Å². The number of anilines is 1. The first-order valence-electron chi connectivity index (χ1n) is 5.60. The van der Waals surface area contributed by atoms with Gasteiger partial charge in [-0.05, 0) is 6.42 Å². The van der Waals surface area contributed by atoms with E-state index in [1.165, 1.54) is 16.0 Å². The first-order valence-corrected chi connectivity index (χ1v) is 6.54. The van der Waals surface area contributed by atoms with E-state index in [2.05, 4.69) is 15.4 Å². The topological polar surface area (TPSA) is 85.8 Å². The van der Waals surface area contributed by atoms with Crippen molar-refractivity contribution in [1.82, 2.24) is 20.1 Å². The van der Waals surface area contributed by atoms with Gasteiger partial charge in [-0.25, -0.2) is 4.98 Å². The van der Waals surface area contributed by atoms with Gasteiger partial charge in [-0.2, -0.15) is 5.10 Å². The molecule has 0 fully saturated rings. The Hall–Kier alpha value is -1.89. The molecule has 0 saturated heterocycles. The summed E-state index contributed by atoms with van der Waals surface area (Å²) in [5.74, 6) is -0.227. The molecule has 0 spiro atoms. The van der Waals surface area contributed by atoms with Gasteiger partial charge >= 0.3 is 0 Å². The van der Waals surface area contributed by atoms with Gasteiger partial charge in [-0.15, -0.1) is 11.3 Å². The average Bonchev–Trinajstić information content (AvgIpc) is 2.94. The van der Waals surface area contributed by atoms with E-state index in [1.54, 1.807) is 12.6 Å². The van der Waals surface area contributed by atoms with Crippen LogP contribution in [0.4, 0.5) is 5.69 Å². The lowest BCUT2D eigenvalue weighted by Gasteiger charge is -2.04. The number of carbonyl (C=O) groups is 1. The summed E-state index contributed by atoms with van der Waals surface area (Å²) in [4.78, 5) is 16.1. The van der Waals surface area contributed by atoms with Crippen molar-refractivity contribution in [3.63, 3.8) is 0 Å². The smallest absolute Gasteiger partial charge is 0.272 e. The Morgan fingerprint density at radius 3 is 2.94 bits per heavy atom. The van der Waals surface area contributed by atoms with Crippen LogP contribution in [-0.4, -0.2) is 20.7 Å². The van der Waals surface area contributed by atoms with Crippen molar-refractivity contribution in [3.8, 4) is 0 Å². The molecular weight excluding hydrogens is 250 g/mol. The van der Waals surface area contributed by atoms with Crippen LogP contribution in [-0.2, 0) is 20.0 Å². The first kappa shape index (κ1) is 12.6. The standard InChI is InChI=1S/C11H15N5OS/c1-3-8-9(12)10(16(2)15-8)11(17)13-4-7-5-18-6-14-7/h5-6H,3-4,12H2,1-2H3,(H,13,17). The number of amides is 1. The monoisotopic (exact) mass is 265 g/mol. The Kier molecular flexibility index (Phi) is 3.61. The number of aromatic nitrogens is 3. The molecule has 18 heavy (non-hydrogen) atoms. The molecule has 0 aliphatic rings.